The predicted octanol–water partition coefficient (Wildman–Crippen LogP) is 4.58. The van der Waals surface area contributed by atoms with E-state index in [1.807, 2.05) is 37.4 Å². The molecule has 30 heavy (non-hydrogen) atoms. The van der Waals surface area contributed by atoms with Crippen LogP contribution in [0, 0.1) is 0 Å². The standard InChI is InChI=1S/C22H21N3O4S/c1-25-22-16(20(24-25)13-6-5-7-14(10-13)27-2)12-19(30-22)21(26)23-17-9-8-15(28-3)11-18(17)29-4/h5-12H,1-4H3,(H,23,26). The van der Waals surface area contributed by atoms with Gasteiger partial charge in [-0.2, -0.15) is 5.10 Å². The number of amides is 1. The second-order valence-corrected chi connectivity index (χ2v) is 7.58. The minimum absolute atomic E-state index is 0.212. The largest absolute Gasteiger partial charge is 0.497 e. The maximum atomic E-state index is 12.9. The van der Waals surface area contributed by atoms with E-state index in [0.29, 0.717) is 22.1 Å². The SMILES string of the molecule is COc1cccc(-c2nn(C)c3sc(C(=O)Nc4ccc(OC)cc4OC)cc23)c1. The van der Waals surface area contributed by atoms with E-state index < -0.39 is 0 Å². The molecule has 1 amide bonds. The Morgan fingerprint density at radius 2 is 1.77 bits per heavy atom. The summed E-state index contributed by atoms with van der Waals surface area (Å²) in [7, 11) is 6.64. The molecule has 0 fully saturated rings. The fourth-order valence-electron chi connectivity index (χ4n) is 3.22. The minimum atomic E-state index is -0.212. The molecule has 8 heteroatoms. The summed E-state index contributed by atoms with van der Waals surface area (Å²) in [5.74, 6) is 1.73. The van der Waals surface area contributed by atoms with Crippen molar-refractivity contribution in [2.75, 3.05) is 26.6 Å². The number of nitrogens with one attached hydrogen (secondary N) is 1. The number of aromatic nitrogens is 2. The van der Waals surface area contributed by atoms with Gasteiger partial charge in [0.25, 0.3) is 5.91 Å². The van der Waals surface area contributed by atoms with Crippen LogP contribution >= 0.6 is 11.3 Å². The van der Waals surface area contributed by atoms with Crippen LogP contribution in [0.5, 0.6) is 17.2 Å². The summed E-state index contributed by atoms with van der Waals surface area (Å²) in [5, 5.41) is 8.47. The predicted molar refractivity (Wildman–Crippen MR) is 118 cm³/mol. The summed E-state index contributed by atoms with van der Waals surface area (Å²) < 4.78 is 17.7. The van der Waals surface area contributed by atoms with Gasteiger partial charge in [0.05, 0.1) is 31.9 Å². The van der Waals surface area contributed by atoms with Crippen molar-refractivity contribution in [1.82, 2.24) is 9.78 Å². The van der Waals surface area contributed by atoms with Gasteiger partial charge < -0.3 is 19.5 Å². The highest BCUT2D eigenvalue weighted by Crippen LogP contribution is 2.36. The number of anilines is 1. The van der Waals surface area contributed by atoms with Crippen molar-refractivity contribution in [3.8, 4) is 28.5 Å². The minimum Gasteiger partial charge on any atom is -0.497 e. The van der Waals surface area contributed by atoms with Gasteiger partial charge in [0.15, 0.2) is 0 Å². The first-order valence-electron chi connectivity index (χ1n) is 9.18. The number of fused-ring (bicyclic) bond motifs is 1. The van der Waals surface area contributed by atoms with Gasteiger partial charge in [-0.1, -0.05) is 12.1 Å². The fraction of sp³-hybridized carbons (Fsp3) is 0.182. The Hall–Kier alpha value is -3.52. The Bertz CT molecular complexity index is 1230. The summed E-state index contributed by atoms with van der Waals surface area (Å²) in [6.45, 7) is 0. The summed E-state index contributed by atoms with van der Waals surface area (Å²) in [6.07, 6.45) is 0. The van der Waals surface area contributed by atoms with Crippen LogP contribution in [0.3, 0.4) is 0 Å². The molecule has 0 radical (unpaired) electrons. The second-order valence-electron chi connectivity index (χ2n) is 6.55. The number of aryl methyl sites for hydroxylation is 1. The molecule has 2 heterocycles. The van der Waals surface area contributed by atoms with Crippen LogP contribution in [-0.4, -0.2) is 37.0 Å². The molecule has 0 bridgehead atoms. The zero-order chi connectivity index (χ0) is 21.3. The van der Waals surface area contributed by atoms with Gasteiger partial charge in [-0.3, -0.25) is 9.48 Å². The molecule has 0 aliphatic rings. The van der Waals surface area contributed by atoms with Crippen molar-refractivity contribution in [3.63, 3.8) is 0 Å². The van der Waals surface area contributed by atoms with Crippen LogP contribution in [-0.2, 0) is 7.05 Å². The lowest BCUT2D eigenvalue weighted by molar-refractivity contribution is 0.103. The zero-order valence-electron chi connectivity index (χ0n) is 17.1. The van der Waals surface area contributed by atoms with Crippen LogP contribution in [0.15, 0.2) is 48.5 Å². The van der Waals surface area contributed by atoms with Crippen molar-refractivity contribution < 1.29 is 19.0 Å². The molecule has 4 aromatic rings. The quantitative estimate of drug-likeness (QED) is 0.491. The Morgan fingerprint density at radius 1 is 1.00 bits per heavy atom. The number of carbonyl (C=O) groups excluding carboxylic acids is 1. The van der Waals surface area contributed by atoms with Crippen LogP contribution in [0.1, 0.15) is 9.67 Å². The summed E-state index contributed by atoms with van der Waals surface area (Å²) in [5.41, 5.74) is 2.32. The summed E-state index contributed by atoms with van der Waals surface area (Å²) in [4.78, 5) is 14.4. The topological polar surface area (TPSA) is 74.6 Å². The molecule has 0 aliphatic carbocycles. The molecule has 0 atom stereocenters. The van der Waals surface area contributed by atoms with Crippen molar-refractivity contribution in [2.45, 2.75) is 0 Å². The lowest BCUT2D eigenvalue weighted by Gasteiger charge is -2.11. The van der Waals surface area contributed by atoms with E-state index in [1.165, 1.54) is 11.3 Å². The van der Waals surface area contributed by atoms with Gasteiger partial charge in [0.2, 0.25) is 0 Å². The number of benzene rings is 2. The number of carbonyl (C=O) groups is 1. The molecule has 0 unspecified atom stereocenters. The molecular weight excluding hydrogens is 402 g/mol. The average Bonchev–Trinajstić information content (AvgIpc) is 3.34. The summed E-state index contributed by atoms with van der Waals surface area (Å²) >= 11 is 1.39. The van der Waals surface area contributed by atoms with Gasteiger partial charge in [-0.05, 0) is 30.3 Å². The number of hydrogen-bond acceptors (Lipinski definition) is 6. The monoisotopic (exact) mass is 423 g/mol. The van der Waals surface area contributed by atoms with E-state index >= 15 is 0 Å². The normalized spacial score (nSPS) is 10.8. The number of methoxy groups -OCH3 is 3. The first-order chi connectivity index (χ1) is 14.5. The highest BCUT2D eigenvalue weighted by Gasteiger charge is 2.19. The number of hydrogen-bond donors (Lipinski definition) is 1. The van der Waals surface area contributed by atoms with Gasteiger partial charge in [0.1, 0.15) is 27.8 Å². The van der Waals surface area contributed by atoms with Gasteiger partial charge >= 0.3 is 0 Å². The Morgan fingerprint density at radius 3 is 2.50 bits per heavy atom. The summed E-state index contributed by atoms with van der Waals surface area (Å²) in [6, 6.07) is 14.8. The molecule has 2 aromatic heterocycles. The molecule has 0 spiro atoms. The molecule has 0 saturated heterocycles. The van der Waals surface area contributed by atoms with E-state index in [2.05, 4.69) is 10.4 Å². The molecular formula is C22H21N3O4S. The smallest absolute Gasteiger partial charge is 0.265 e. The third-order valence-electron chi connectivity index (χ3n) is 4.74. The Balaban J connectivity index is 1.68. The first-order valence-corrected chi connectivity index (χ1v) is 10.00. The molecule has 7 nitrogen and oxygen atoms in total. The molecule has 0 aliphatic heterocycles. The third kappa shape index (κ3) is 3.57. The van der Waals surface area contributed by atoms with E-state index in [9.17, 15) is 4.79 Å². The lowest BCUT2D eigenvalue weighted by atomic mass is 10.1. The molecule has 2 aromatic carbocycles. The fourth-order valence-corrected chi connectivity index (χ4v) is 4.19. The Kier molecular flexibility index (Phi) is 5.33. The third-order valence-corrected chi connectivity index (χ3v) is 5.94. The van der Waals surface area contributed by atoms with Crippen molar-refractivity contribution in [2.24, 2.45) is 7.05 Å². The highest BCUT2D eigenvalue weighted by atomic mass is 32.1. The molecule has 0 saturated carbocycles. The Labute approximate surface area is 177 Å². The van der Waals surface area contributed by atoms with Gasteiger partial charge in [0, 0.05) is 24.1 Å². The van der Waals surface area contributed by atoms with Crippen LogP contribution in [0.2, 0.25) is 0 Å². The maximum absolute atomic E-state index is 12.9. The number of ether oxygens (including phenoxy) is 3. The van der Waals surface area contributed by atoms with Crippen LogP contribution in [0.4, 0.5) is 5.69 Å². The van der Waals surface area contributed by atoms with Gasteiger partial charge in [-0.15, -0.1) is 11.3 Å². The van der Waals surface area contributed by atoms with Gasteiger partial charge in [-0.25, -0.2) is 0 Å². The first kappa shape index (κ1) is 19.8. The van der Waals surface area contributed by atoms with E-state index in [1.54, 1.807) is 44.2 Å². The molecule has 1 N–H and O–H groups in total. The lowest BCUT2D eigenvalue weighted by Crippen LogP contribution is -2.11. The van der Waals surface area contributed by atoms with E-state index in [0.717, 1.165) is 27.2 Å². The second kappa shape index (κ2) is 8.08. The maximum Gasteiger partial charge on any atom is 0.265 e. The van der Waals surface area contributed by atoms with E-state index in [4.69, 9.17) is 14.2 Å². The van der Waals surface area contributed by atoms with Crippen molar-refractivity contribution in [3.05, 3.63) is 53.4 Å². The molecule has 154 valence electrons. The number of nitrogens with zero attached hydrogens (tertiary/aromatic N) is 2. The number of rotatable bonds is 6. The number of thiophene rings is 1. The van der Waals surface area contributed by atoms with Crippen molar-refractivity contribution in [1.29, 1.82) is 0 Å². The molecule has 4 rings (SSSR count). The van der Waals surface area contributed by atoms with Crippen molar-refractivity contribution >= 4 is 33.1 Å². The van der Waals surface area contributed by atoms with Crippen LogP contribution in [0.25, 0.3) is 21.5 Å². The van der Waals surface area contributed by atoms with Crippen LogP contribution < -0.4 is 19.5 Å². The zero-order valence-corrected chi connectivity index (χ0v) is 17.9. The van der Waals surface area contributed by atoms with E-state index in [-0.39, 0.29) is 5.91 Å². The highest BCUT2D eigenvalue weighted by molar-refractivity contribution is 7.20. The average molecular weight is 423 g/mol.